The van der Waals surface area contributed by atoms with E-state index in [0.717, 1.165) is 23.4 Å². The Morgan fingerprint density at radius 3 is 2.56 bits per heavy atom. The van der Waals surface area contributed by atoms with E-state index in [1.165, 1.54) is 11.6 Å². The van der Waals surface area contributed by atoms with Gasteiger partial charge in [-0.1, -0.05) is 24.3 Å². The van der Waals surface area contributed by atoms with E-state index < -0.39 is 0 Å². The summed E-state index contributed by atoms with van der Waals surface area (Å²) in [7, 11) is 5.80. The van der Waals surface area contributed by atoms with E-state index in [4.69, 9.17) is 10.5 Å². The highest BCUT2D eigenvalue weighted by Gasteiger charge is 2.33. The molecule has 1 aliphatic rings. The van der Waals surface area contributed by atoms with Crippen molar-refractivity contribution in [3.63, 3.8) is 0 Å². The summed E-state index contributed by atoms with van der Waals surface area (Å²) in [6, 6.07) is 13.7. The Balaban J connectivity index is 1.84. The van der Waals surface area contributed by atoms with Crippen molar-refractivity contribution in [2.45, 2.75) is 18.6 Å². The summed E-state index contributed by atoms with van der Waals surface area (Å²) in [6.45, 7) is 1.87. The smallest absolute Gasteiger partial charge is 0.128 e. The van der Waals surface area contributed by atoms with Gasteiger partial charge in [0.1, 0.15) is 11.6 Å². The van der Waals surface area contributed by atoms with Crippen molar-refractivity contribution in [3.05, 3.63) is 65.0 Å². The summed E-state index contributed by atoms with van der Waals surface area (Å²) in [6.07, 6.45) is 0. The van der Waals surface area contributed by atoms with Gasteiger partial charge in [-0.05, 0) is 43.4 Å². The molecule has 0 aromatic heterocycles. The Labute approximate surface area is 149 Å². The van der Waals surface area contributed by atoms with Gasteiger partial charge < -0.3 is 15.4 Å². The van der Waals surface area contributed by atoms with Crippen LogP contribution >= 0.6 is 0 Å². The summed E-state index contributed by atoms with van der Waals surface area (Å²) >= 11 is 0. The number of methoxy groups -OCH3 is 1. The molecule has 5 heteroatoms. The third-order valence-corrected chi connectivity index (χ3v) is 5.07. The van der Waals surface area contributed by atoms with Gasteiger partial charge in [0.2, 0.25) is 0 Å². The maximum Gasteiger partial charge on any atom is 0.128 e. The molecule has 2 atom stereocenters. The van der Waals surface area contributed by atoms with Crippen molar-refractivity contribution < 1.29 is 9.13 Å². The zero-order valence-electron chi connectivity index (χ0n) is 15.1. The first-order chi connectivity index (χ1) is 12.0. The minimum absolute atomic E-state index is 0.0615. The molecule has 134 valence electrons. The molecule has 25 heavy (non-hydrogen) atoms. The Hall–Kier alpha value is -1.95. The van der Waals surface area contributed by atoms with Crippen LogP contribution in [0.1, 0.15) is 28.8 Å². The second-order valence-electron chi connectivity index (χ2n) is 6.74. The molecule has 0 spiro atoms. The van der Waals surface area contributed by atoms with Crippen LogP contribution in [0.3, 0.4) is 0 Å². The average Bonchev–Trinajstić information content (AvgIpc) is 2.98. The van der Waals surface area contributed by atoms with Crippen LogP contribution in [-0.2, 0) is 6.54 Å². The van der Waals surface area contributed by atoms with Gasteiger partial charge in [-0.25, -0.2) is 4.39 Å². The highest BCUT2D eigenvalue weighted by Crippen LogP contribution is 2.36. The summed E-state index contributed by atoms with van der Waals surface area (Å²) in [5.74, 6) is 0.709. The quantitative estimate of drug-likeness (QED) is 0.876. The Morgan fingerprint density at radius 1 is 1.24 bits per heavy atom. The fourth-order valence-corrected chi connectivity index (χ4v) is 3.65. The first kappa shape index (κ1) is 17.9. The van der Waals surface area contributed by atoms with Crippen molar-refractivity contribution in [1.29, 1.82) is 0 Å². The molecule has 1 heterocycles. The van der Waals surface area contributed by atoms with Crippen LogP contribution in [0.5, 0.6) is 5.75 Å². The first-order valence-corrected chi connectivity index (χ1v) is 8.57. The lowest BCUT2D eigenvalue weighted by atomic mass is 10.0. The van der Waals surface area contributed by atoms with E-state index in [-0.39, 0.29) is 17.9 Å². The number of halogens is 1. The van der Waals surface area contributed by atoms with Gasteiger partial charge >= 0.3 is 0 Å². The molecular formula is C20H26FN3O. The van der Waals surface area contributed by atoms with E-state index in [2.05, 4.69) is 36.0 Å². The molecule has 2 N–H and O–H groups in total. The normalized spacial score (nSPS) is 18.4. The molecule has 0 saturated heterocycles. The highest BCUT2D eigenvalue weighted by atomic mass is 19.1. The molecule has 4 nitrogen and oxygen atoms in total. The monoisotopic (exact) mass is 343 g/mol. The number of hydrogen-bond donors (Lipinski definition) is 1. The van der Waals surface area contributed by atoms with Crippen LogP contribution in [0.2, 0.25) is 0 Å². The molecule has 1 aliphatic heterocycles. The molecule has 0 amide bonds. The number of nitrogens with two attached hydrogens (primary N) is 1. The lowest BCUT2D eigenvalue weighted by Gasteiger charge is -2.32. The minimum atomic E-state index is -0.135. The number of rotatable bonds is 6. The molecule has 0 fully saturated rings. The van der Waals surface area contributed by atoms with Crippen molar-refractivity contribution >= 4 is 0 Å². The molecule has 0 saturated carbocycles. The van der Waals surface area contributed by atoms with Gasteiger partial charge in [0.05, 0.1) is 7.11 Å². The molecular weight excluding hydrogens is 317 g/mol. The lowest BCUT2D eigenvalue weighted by molar-refractivity contribution is 0.151. The Bertz CT molecular complexity index is 717. The number of hydrogen-bond acceptors (Lipinski definition) is 4. The Kier molecular flexibility index (Phi) is 5.37. The topological polar surface area (TPSA) is 41.7 Å². The number of nitrogens with zero attached hydrogens (tertiary/aromatic N) is 2. The standard InChI is InChI=1S/C20H26FN3O/c1-23(2)20(14-7-9-15(25-3)10-8-14)13-24-12-17-16(19(24)11-22)5-4-6-18(17)21/h4-10,19-20H,11-13,22H2,1-3H3. The third-order valence-electron chi connectivity index (χ3n) is 5.07. The van der Waals surface area contributed by atoms with Crippen LogP contribution in [0.15, 0.2) is 42.5 Å². The van der Waals surface area contributed by atoms with E-state index >= 15 is 0 Å². The molecule has 0 bridgehead atoms. The fourth-order valence-electron chi connectivity index (χ4n) is 3.65. The molecule has 0 radical (unpaired) electrons. The molecule has 2 aromatic rings. The maximum absolute atomic E-state index is 14.2. The van der Waals surface area contributed by atoms with Crippen LogP contribution in [-0.4, -0.2) is 44.1 Å². The largest absolute Gasteiger partial charge is 0.497 e. The lowest BCUT2D eigenvalue weighted by Crippen LogP contribution is -2.36. The summed E-state index contributed by atoms with van der Waals surface area (Å²) in [5, 5.41) is 0. The number of likely N-dealkylation sites (N-methyl/N-ethyl adjacent to an activating group) is 1. The summed E-state index contributed by atoms with van der Waals surface area (Å²) < 4.78 is 19.4. The zero-order valence-corrected chi connectivity index (χ0v) is 15.1. The molecule has 0 aliphatic carbocycles. The molecule has 2 aromatic carbocycles. The number of fused-ring (bicyclic) bond motifs is 1. The summed E-state index contributed by atoms with van der Waals surface area (Å²) in [4.78, 5) is 4.47. The maximum atomic E-state index is 14.2. The van der Waals surface area contributed by atoms with Gasteiger partial charge in [0.25, 0.3) is 0 Å². The minimum Gasteiger partial charge on any atom is -0.497 e. The van der Waals surface area contributed by atoms with Gasteiger partial charge in [0.15, 0.2) is 0 Å². The van der Waals surface area contributed by atoms with Gasteiger partial charge in [0, 0.05) is 37.3 Å². The van der Waals surface area contributed by atoms with Crippen molar-refractivity contribution in [2.75, 3.05) is 34.3 Å². The van der Waals surface area contributed by atoms with Crippen LogP contribution in [0, 0.1) is 5.82 Å². The first-order valence-electron chi connectivity index (χ1n) is 8.57. The van der Waals surface area contributed by atoms with Gasteiger partial charge in [-0.3, -0.25) is 4.90 Å². The zero-order chi connectivity index (χ0) is 18.0. The Morgan fingerprint density at radius 2 is 1.96 bits per heavy atom. The van der Waals surface area contributed by atoms with Crippen molar-refractivity contribution in [1.82, 2.24) is 9.80 Å². The second kappa shape index (κ2) is 7.52. The predicted molar refractivity (Wildman–Crippen MR) is 98.0 cm³/mol. The average molecular weight is 343 g/mol. The van der Waals surface area contributed by atoms with Crippen molar-refractivity contribution in [3.8, 4) is 5.75 Å². The van der Waals surface area contributed by atoms with Crippen LogP contribution < -0.4 is 10.5 Å². The van der Waals surface area contributed by atoms with Crippen LogP contribution in [0.4, 0.5) is 4.39 Å². The SMILES string of the molecule is COc1ccc(C(CN2Cc3c(F)cccc3C2CN)N(C)C)cc1. The fraction of sp³-hybridized carbons (Fsp3) is 0.400. The van der Waals surface area contributed by atoms with Crippen LogP contribution in [0.25, 0.3) is 0 Å². The number of ether oxygens (including phenoxy) is 1. The molecule has 3 rings (SSSR count). The van der Waals surface area contributed by atoms with Gasteiger partial charge in [-0.2, -0.15) is 0 Å². The highest BCUT2D eigenvalue weighted by molar-refractivity contribution is 5.36. The predicted octanol–water partition coefficient (Wildman–Crippen LogP) is 2.95. The van der Waals surface area contributed by atoms with Gasteiger partial charge in [-0.15, -0.1) is 0 Å². The summed E-state index contributed by atoms with van der Waals surface area (Å²) in [5.41, 5.74) is 9.04. The second-order valence-corrected chi connectivity index (χ2v) is 6.74. The molecule has 2 unspecified atom stereocenters. The third kappa shape index (κ3) is 3.54. The number of benzene rings is 2. The van der Waals surface area contributed by atoms with E-state index in [1.54, 1.807) is 13.2 Å². The van der Waals surface area contributed by atoms with E-state index in [9.17, 15) is 4.39 Å². The van der Waals surface area contributed by atoms with E-state index in [0.29, 0.717) is 13.1 Å². The van der Waals surface area contributed by atoms with Crippen molar-refractivity contribution in [2.24, 2.45) is 5.73 Å². The van der Waals surface area contributed by atoms with E-state index in [1.807, 2.05) is 18.2 Å².